The molecular formula is C19H21NO6. The Hall–Kier alpha value is -2.06. The topological polar surface area (TPSA) is 74.3 Å². The zero-order chi connectivity index (χ0) is 18.5. The minimum atomic E-state index is -0.743. The maximum atomic E-state index is 12.7. The molecule has 138 valence electrons. The molecule has 3 aliphatic rings. The number of para-hydroxylation sites is 1. The van der Waals surface area contributed by atoms with Gasteiger partial charge in [0.1, 0.15) is 18.3 Å². The third kappa shape index (κ3) is 2.87. The van der Waals surface area contributed by atoms with Crippen LogP contribution in [0, 0.1) is 0 Å². The summed E-state index contributed by atoms with van der Waals surface area (Å²) in [5.41, 5.74) is 0.956. The van der Waals surface area contributed by atoms with E-state index in [9.17, 15) is 9.59 Å². The maximum Gasteiger partial charge on any atom is 0.261 e. The molecule has 0 N–H and O–H groups in total. The molecule has 26 heavy (non-hydrogen) atoms. The zero-order valence-electron chi connectivity index (χ0n) is 14.9. The number of hydrogen-bond donors (Lipinski definition) is 0. The molecule has 0 aliphatic carbocycles. The van der Waals surface area contributed by atoms with Crippen LogP contribution in [0.3, 0.4) is 0 Å². The lowest BCUT2D eigenvalue weighted by atomic mass is 10.1. The van der Waals surface area contributed by atoms with Crippen LogP contribution in [0.4, 0.5) is 5.69 Å². The summed E-state index contributed by atoms with van der Waals surface area (Å²) in [4.78, 5) is 26.3. The lowest BCUT2D eigenvalue weighted by Gasteiger charge is -2.23. The van der Waals surface area contributed by atoms with Crippen molar-refractivity contribution >= 4 is 17.5 Å². The number of rotatable bonds is 3. The predicted molar refractivity (Wildman–Crippen MR) is 91.1 cm³/mol. The van der Waals surface area contributed by atoms with E-state index < -0.39 is 24.3 Å². The largest absolute Gasteiger partial charge is 0.375 e. The molecule has 1 aromatic carbocycles. The number of nitrogens with zero attached hydrogens (tertiary/aromatic N) is 1. The van der Waals surface area contributed by atoms with Gasteiger partial charge in [0, 0.05) is 12.7 Å². The van der Waals surface area contributed by atoms with Gasteiger partial charge in [-0.3, -0.25) is 9.59 Å². The van der Waals surface area contributed by atoms with E-state index in [2.05, 4.69) is 0 Å². The summed E-state index contributed by atoms with van der Waals surface area (Å²) in [5, 5.41) is 0. The van der Waals surface area contributed by atoms with Crippen molar-refractivity contribution in [1.29, 1.82) is 0 Å². The Balaban J connectivity index is 1.56. The molecule has 3 saturated heterocycles. The highest BCUT2D eigenvalue weighted by molar-refractivity contribution is 6.28. The quantitative estimate of drug-likeness (QED) is 0.605. The van der Waals surface area contributed by atoms with Gasteiger partial charge in [-0.25, -0.2) is 4.90 Å². The van der Waals surface area contributed by atoms with E-state index in [0.29, 0.717) is 11.3 Å². The molecule has 4 unspecified atom stereocenters. The third-order valence-corrected chi connectivity index (χ3v) is 4.75. The number of imide groups is 1. The van der Waals surface area contributed by atoms with E-state index >= 15 is 0 Å². The summed E-state index contributed by atoms with van der Waals surface area (Å²) in [6.45, 7) is 3.62. The normalized spacial score (nSPS) is 34.7. The summed E-state index contributed by atoms with van der Waals surface area (Å²) < 4.78 is 23.0. The molecule has 3 fully saturated rings. The molecule has 1 aromatic rings. The Kier molecular flexibility index (Phi) is 4.19. The molecule has 7 heteroatoms. The first kappa shape index (κ1) is 17.4. The minimum absolute atomic E-state index is 0.0343. The molecule has 3 heterocycles. The minimum Gasteiger partial charge on any atom is -0.375 e. The molecule has 0 saturated carbocycles. The van der Waals surface area contributed by atoms with E-state index in [1.807, 2.05) is 19.9 Å². The maximum absolute atomic E-state index is 12.7. The number of carbonyl (C=O) groups is 2. The fourth-order valence-electron chi connectivity index (χ4n) is 3.65. The van der Waals surface area contributed by atoms with Gasteiger partial charge in [-0.15, -0.1) is 0 Å². The van der Waals surface area contributed by atoms with Crippen LogP contribution in [-0.2, 0) is 28.5 Å². The molecule has 0 spiro atoms. The van der Waals surface area contributed by atoms with Gasteiger partial charge in [-0.05, 0) is 32.1 Å². The molecule has 3 aliphatic heterocycles. The second-order valence-electron chi connectivity index (χ2n) is 7.01. The lowest BCUT2D eigenvalue weighted by molar-refractivity contribution is -0.210. The Labute approximate surface area is 151 Å². The van der Waals surface area contributed by atoms with Crippen LogP contribution >= 0.6 is 0 Å². The summed E-state index contributed by atoms with van der Waals surface area (Å²) in [7, 11) is 1.56. The van der Waals surface area contributed by atoms with Gasteiger partial charge in [0.15, 0.2) is 12.1 Å². The number of fused-ring (bicyclic) bond motifs is 1. The first-order valence-corrected chi connectivity index (χ1v) is 8.56. The van der Waals surface area contributed by atoms with E-state index in [1.165, 1.54) is 4.90 Å². The Bertz CT molecular complexity index is 759. The van der Waals surface area contributed by atoms with Crippen molar-refractivity contribution in [3.05, 3.63) is 42.0 Å². The second-order valence-corrected chi connectivity index (χ2v) is 7.01. The van der Waals surface area contributed by atoms with Crippen LogP contribution in [0.25, 0.3) is 0 Å². The average molecular weight is 359 g/mol. The number of methoxy groups -OCH3 is 1. The van der Waals surface area contributed by atoms with Crippen molar-refractivity contribution < 1.29 is 28.5 Å². The number of carbonyl (C=O) groups excluding carboxylic acids is 2. The van der Waals surface area contributed by atoms with Crippen molar-refractivity contribution in [1.82, 2.24) is 0 Å². The first-order chi connectivity index (χ1) is 12.4. The average Bonchev–Trinajstić information content (AvgIpc) is 3.15. The highest BCUT2D eigenvalue weighted by Gasteiger charge is 2.55. The third-order valence-electron chi connectivity index (χ3n) is 4.75. The summed E-state index contributed by atoms with van der Waals surface area (Å²) >= 11 is 0. The van der Waals surface area contributed by atoms with Gasteiger partial charge in [0.2, 0.25) is 5.91 Å². The summed E-state index contributed by atoms with van der Waals surface area (Å²) in [5.74, 6) is -1.33. The van der Waals surface area contributed by atoms with Gasteiger partial charge < -0.3 is 18.9 Å². The van der Waals surface area contributed by atoms with Crippen LogP contribution in [0.1, 0.15) is 20.3 Å². The Morgan fingerprint density at radius 2 is 1.92 bits per heavy atom. The number of anilines is 1. The smallest absolute Gasteiger partial charge is 0.261 e. The van der Waals surface area contributed by atoms with Crippen molar-refractivity contribution in [3.63, 3.8) is 0 Å². The molecular weight excluding hydrogens is 338 g/mol. The Morgan fingerprint density at radius 3 is 2.62 bits per heavy atom. The van der Waals surface area contributed by atoms with Crippen molar-refractivity contribution in [2.45, 2.75) is 50.7 Å². The van der Waals surface area contributed by atoms with Gasteiger partial charge in [-0.2, -0.15) is 0 Å². The SMILES string of the molecule is COC1C(/C=C2\CC(=O)N(c3ccccc3)C2=O)OC2OC(C)(C)OC21. The molecule has 7 nitrogen and oxygen atoms in total. The second kappa shape index (κ2) is 6.28. The van der Waals surface area contributed by atoms with E-state index in [-0.39, 0.29) is 24.3 Å². The highest BCUT2D eigenvalue weighted by Crippen LogP contribution is 2.39. The fraction of sp³-hybridized carbons (Fsp3) is 0.474. The van der Waals surface area contributed by atoms with Crippen LogP contribution in [0.2, 0.25) is 0 Å². The monoisotopic (exact) mass is 359 g/mol. The number of ether oxygens (including phenoxy) is 4. The highest BCUT2D eigenvalue weighted by atomic mass is 16.8. The number of amides is 2. The van der Waals surface area contributed by atoms with Gasteiger partial charge in [0.25, 0.3) is 5.91 Å². The van der Waals surface area contributed by atoms with E-state index in [0.717, 1.165) is 0 Å². The van der Waals surface area contributed by atoms with E-state index in [1.54, 1.807) is 37.5 Å². The van der Waals surface area contributed by atoms with Crippen LogP contribution in [-0.4, -0.2) is 49.3 Å². The van der Waals surface area contributed by atoms with Crippen LogP contribution < -0.4 is 4.90 Å². The zero-order valence-corrected chi connectivity index (χ0v) is 14.9. The number of hydrogen-bond acceptors (Lipinski definition) is 6. The predicted octanol–water partition coefficient (Wildman–Crippen LogP) is 1.77. The molecule has 4 rings (SSSR count). The Morgan fingerprint density at radius 1 is 1.19 bits per heavy atom. The molecule has 0 bridgehead atoms. The van der Waals surface area contributed by atoms with E-state index in [4.69, 9.17) is 18.9 Å². The molecule has 4 atom stereocenters. The molecule has 2 amide bonds. The van der Waals surface area contributed by atoms with Crippen LogP contribution in [0.15, 0.2) is 42.0 Å². The van der Waals surface area contributed by atoms with Gasteiger partial charge in [0.05, 0.1) is 12.1 Å². The molecule has 0 radical (unpaired) electrons. The lowest BCUT2D eigenvalue weighted by Crippen LogP contribution is -2.35. The van der Waals surface area contributed by atoms with Gasteiger partial charge >= 0.3 is 0 Å². The molecule has 0 aromatic heterocycles. The summed E-state index contributed by atoms with van der Waals surface area (Å²) in [6, 6.07) is 8.88. The summed E-state index contributed by atoms with van der Waals surface area (Å²) in [6.07, 6.45) is -0.179. The standard InChI is InChI=1S/C19H21NO6/c1-19(2)25-16-15(23-3)13(24-18(16)26-19)9-11-10-14(21)20(17(11)22)12-7-5-4-6-8-12/h4-9,13,15-16,18H,10H2,1-3H3/b11-9+. The number of benzene rings is 1. The van der Waals surface area contributed by atoms with Gasteiger partial charge in [-0.1, -0.05) is 18.2 Å². The van der Waals surface area contributed by atoms with Crippen molar-refractivity contribution in [2.75, 3.05) is 12.0 Å². The van der Waals surface area contributed by atoms with Crippen LogP contribution in [0.5, 0.6) is 0 Å². The van der Waals surface area contributed by atoms with Crippen molar-refractivity contribution in [3.8, 4) is 0 Å². The first-order valence-electron chi connectivity index (χ1n) is 8.56. The van der Waals surface area contributed by atoms with Crippen molar-refractivity contribution in [2.24, 2.45) is 0 Å². The fourth-order valence-corrected chi connectivity index (χ4v) is 3.65.